The van der Waals surface area contributed by atoms with E-state index in [2.05, 4.69) is 41.3 Å². The molecule has 0 aliphatic rings. The molecular weight excluding hydrogens is 428 g/mol. The number of nitrogens with one attached hydrogen (secondary N) is 1. The van der Waals surface area contributed by atoms with Crippen LogP contribution in [0.4, 0.5) is 5.69 Å². The summed E-state index contributed by atoms with van der Waals surface area (Å²) in [5, 5.41) is 0. The highest BCUT2D eigenvalue weighted by atomic mass is 79.9. The standard InChI is InChI=1S/C12H16Br2N2O4S/c1-6(2)10(12(17)20-3)16-21(18,19)11-8(14)4-7(13)5-9(11)15/h4-6,10,16H,15H2,1-3H3. The van der Waals surface area contributed by atoms with E-state index in [-0.39, 0.29) is 16.5 Å². The second-order valence-electron chi connectivity index (χ2n) is 4.67. The molecule has 0 saturated heterocycles. The molecule has 9 heteroatoms. The van der Waals surface area contributed by atoms with Crippen molar-refractivity contribution in [1.82, 2.24) is 4.72 Å². The molecule has 0 aliphatic carbocycles. The first-order valence-electron chi connectivity index (χ1n) is 5.94. The van der Waals surface area contributed by atoms with E-state index in [0.717, 1.165) is 0 Å². The van der Waals surface area contributed by atoms with Gasteiger partial charge in [-0.05, 0) is 34.0 Å². The third kappa shape index (κ3) is 4.41. The topological polar surface area (TPSA) is 98.5 Å². The van der Waals surface area contributed by atoms with Gasteiger partial charge in [-0.1, -0.05) is 29.8 Å². The summed E-state index contributed by atoms with van der Waals surface area (Å²) < 4.78 is 32.8. The van der Waals surface area contributed by atoms with E-state index >= 15 is 0 Å². The molecule has 6 nitrogen and oxygen atoms in total. The highest BCUT2D eigenvalue weighted by Gasteiger charge is 2.31. The smallest absolute Gasteiger partial charge is 0.324 e. The number of ether oxygens (including phenoxy) is 1. The number of nitrogen functional groups attached to an aromatic ring is 1. The Morgan fingerprint density at radius 2 is 1.90 bits per heavy atom. The molecule has 0 amide bonds. The van der Waals surface area contributed by atoms with Crippen LogP contribution in [-0.4, -0.2) is 27.5 Å². The van der Waals surface area contributed by atoms with Crippen molar-refractivity contribution < 1.29 is 17.9 Å². The Morgan fingerprint density at radius 1 is 1.33 bits per heavy atom. The van der Waals surface area contributed by atoms with E-state index in [1.54, 1.807) is 19.9 Å². The average molecular weight is 444 g/mol. The van der Waals surface area contributed by atoms with Crippen LogP contribution in [0.2, 0.25) is 0 Å². The lowest BCUT2D eigenvalue weighted by atomic mass is 10.1. The maximum atomic E-state index is 12.5. The van der Waals surface area contributed by atoms with Crippen LogP contribution < -0.4 is 10.5 Å². The number of hydrogen-bond acceptors (Lipinski definition) is 5. The number of methoxy groups -OCH3 is 1. The van der Waals surface area contributed by atoms with Gasteiger partial charge in [0.2, 0.25) is 10.0 Å². The maximum Gasteiger partial charge on any atom is 0.324 e. The molecule has 3 N–H and O–H groups in total. The van der Waals surface area contributed by atoms with Crippen molar-refractivity contribution in [3.63, 3.8) is 0 Å². The summed E-state index contributed by atoms with van der Waals surface area (Å²) in [4.78, 5) is 11.6. The predicted octanol–water partition coefficient (Wildman–Crippen LogP) is 2.27. The van der Waals surface area contributed by atoms with Gasteiger partial charge in [0.05, 0.1) is 12.8 Å². The Kier molecular flexibility index (Phi) is 6.21. The fourth-order valence-electron chi connectivity index (χ4n) is 1.67. The summed E-state index contributed by atoms with van der Waals surface area (Å²) in [6, 6.07) is 2.05. The van der Waals surface area contributed by atoms with Crippen LogP contribution in [0.5, 0.6) is 0 Å². The van der Waals surface area contributed by atoms with E-state index in [4.69, 9.17) is 5.73 Å². The number of esters is 1. The van der Waals surface area contributed by atoms with Crippen LogP contribution in [0.25, 0.3) is 0 Å². The summed E-state index contributed by atoms with van der Waals surface area (Å²) in [6.45, 7) is 3.42. The molecule has 0 saturated carbocycles. The van der Waals surface area contributed by atoms with Gasteiger partial charge in [-0.15, -0.1) is 0 Å². The lowest BCUT2D eigenvalue weighted by molar-refractivity contribution is -0.143. The Hall–Kier alpha value is -0.640. The second kappa shape index (κ2) is 7.08. The average Bonchev–Trinajstić information content (AvgIpc) is 2.33. The number of nitrogens with two attached hydrogens (primary N) is 1. The fraction of sp³-hybridized carbons (Fsp3) is 0.417. The summed E-state index contributed by atoms with van der Waals surface area (Å²) in [7, 11) is -2.78. The minimum absolute atomic E-state index is 0.0659. The summed E-state index contributed by atoms with van der Waals surface area (Å²) in [6.07, 6.45) is 0. The zero-order chi connectivity index (χ0) is 16.4. The molecule has 0 aliphatic heterocycles. The van der Waals surface area contributed by atoms with Crippen molar-refractivity contribution in [3.8, 4) is 0 Å². The number of carbonyl (C=O) groups excluding carboxylic acids is 1. The SMILES string of the molecule is COC(=O)C(NS(=O)(=O)c1c(N)cc(Br)cc1Br)C(C)C. The third-order valence-electron chi connectivity index (χ3n) is 2.71. The number of benzene rings is 1. The molecule has 1 aromatic rings. The number of halogens is 2. The first kappa shape index (κ1) is 18.4. The predicted molar refractivity (Wildman–Crippen MR) is 87.2 cm³/mol. The number of sulfonamides is 1. The first-order chi connectivity index (χ1) is 9.60. The second-order valence-corrected chi connectivity index (χ2v) is 8.09. The summed E-state index contributed by atoms with van der Waals surface area (Å²) >= 11 is 6.39. The van der Waals surface area contributed by atoms with Crippen molar-refractivity contribution in [3.05, 3.63) is 21.1 Å². The van der Waals surface area contributed by atoms with Gasteiger partial charge in [0.15, 0.2) is 0 Å². The van der Waals surface area contributed by atoms with E-state index in [0.29, 0.717) is 8.95 Å². The molecular formula is C12H16Br2N2O4S. The monoisotopic (exact) mass is 442 g/mol. The Labute approximate surface area is 140 Å². The highest BCUT2D eigenvalue weighted by molar-refractivity contribution is 9.11. The lowest BCUT2D eigenvalue weighted by Crippen LogP contribution is -2.45. The first-order valence-corrected chi connectivity index (χ1v) is 9.01. The minimum atomic E-state index is -3.98. The molecule has 1 aromatic carbocycles. The quantitative estimate of drug-likeness (QED) is 0.537. The van der Waals surface area contributed by atoms with E-state index in [1.165, 1.54) is 13.2 Å². The fourth-order valence-corrected chi connectivity index (χ4v) is 5.08. The van der Waals surface area contributed by atoms with Crippen LogP contribution in [0.1, 0.15) is 13.8 Å². The van der Waals surface area contributed by atoms with Gasteiger partial charge in [0, 0.05) is 8.95 Å². The largest absolute Gasteiger partial charge is 0.468 e. The normalized spacial score (nSPS) is 13.2. The molecule has 1 atom stereocenters. The van der Waals surface area contributed by atoms with Crippen molar-refractivity contribution >= 4 is 53.5 Å². The Balaban J connectivity index is 3.26. The lowest BCUT2D eigenvalue weighted by Gasteiger charge is -2.20. The van der Waals surface area contributed by atoms with Gasteiger partial charge in [0.25, 0.3) is 0 Å². The molecule has 118 valence electrons. The Bertz CT molecular complexity index is 624. The molecule has 0 bridgehead atoms. The zero-order valence-electron chi connectivity index (χ0n) is 11.7. The van der Waals surface area contributed by atoms with Gasteiger partial charge in [-0.25, -0.2) is 8.42 Å². The molecule has 0 aromatic heterocycles. The number of anilines is 1. The molecule has 1 unspecified atom stereocenters. The Morgan fingerprint density at radius 3 is 2.33 bits per heavy atom. The number of rotatable bonds is 5. The molecule has 1 rings (SSSR count). The molecule has 21 heavy (non-hydrogen) atoms. The van der Waals surface area contributed by atoms with Crippen LogP contribution >= 0.6 is 31.9 Å². The minimum Gasteiger partial charge on any atom is -0.468 e. The van der Waals surface area contributed by atoms with Gasteiger partial charge in [-0.2, -0.15) is 4.72 Å². The molecule has 0 radical (unpaired) electrons. The van der Waals surface area contributed by atoms with Gasteiger partial charge < -0.3 is 10.5 Å². The van der Waals surface area contributed by atoms with Crippen LogP contribution in [-0.2, 0) is 19.6 Å². The molecule has 0 spiro atoms. The molecule has 0 heterocycles. The van der Waals surface area contributed by atoms with Crippen LogP contribution in [0.3, 0.4) is 0 Å². The van der Waals surface area contributed by atoms with Crippen molar-refractivity contribution in [2.45, 2.75) is 24.8 Å². The van der Waals surface area contributed by atoms with Gasteiger partial charge in [0.1, 0.15) is 10.9 Å². The highest BCUT2D eigenvalue weighted by Crippen LogP contribution is 2.31. The number of hydrogen-bond donors (Lipinski definition) is 2. The maximum absolute atomic E-state index is 12.5. The number of carbonyl (C=O) groups is 1. The van der Waals surface area contributed by atoms with Crippen molar-refractivity contribution in [2.24, 2.45) is 5.92 Å². The van der Waals surface area contributed by atoms with Gasteiger partial charge >= 0.3 is 5.97 Å². The summed E-state index contributed by atoms with van der Waals surface area (Å²) in [5.41, 5.74) is 5.84. The van der Waals surface area contributed by atoms with Crippen molar-refractivity contribution in [1.29, 1.82) is 0 Å². The molecule has 0 fully saturated rings. The summed E-state index contributed by atoms with van der Waals surface area (Å²) in [5.74, 6) is -0.928. The van der Waals surface area contributed by atoms with Crippen LogP contribution in [0, 0.1) is 5.92 Å². The van der Waals surface area contributed by atoms with E-state index in [1.807, 2.05) is 0 Å². The zero-order valence-corrected chi connectivity index (χ0v) is 15.7. The van der Waals surface area contributed by atoms with E-state index in [9.17, 15) is 13.2 Å². The third-order valence-corrected chi connectivity index (χ3v) is 5.61. The van der Waals surface area contributed by atoms with Crippen molar-refractivity contribution in [2.75, 3.05) is 12.8 Å². The van der Waals surface area contributed by atoms with E-state index < -0.39 is 22.0 Å². The van der Waals surface area contributed by atoms with Gasteiger partial charge in [-0.3, -0.25) is 4.79 Å². The van der Waals surface area contributed by atoms with Crippen LogP contribution in [0.15, 0.2) is 26.0 Å².